The number of benzene rings is 1. The Labute approximate surface area is 148 Å². The normalized spacial score (nSPS) is 14.8. The summed E-state index contributed by atoms with van der Waals surface area (Å²) < 4.78 is 0. The van der Waals surface area contributed by atoms with Crippen LogP contribution >= 0.6 is 0 Å². The van der Waals surface area contributed by atoms with E-state index < -0.39 is 0 Å². The highest BCUT2D eigenvalue weighted by Crippen LogP contribution is 2.19. The van der Waals surface area contributed by atoms with E-state index in [9.17, 15) is 4.79 Å². The van der Waals surface area contributed by atoms with Crippen molar-refractivity contribution < 1.29 is 4.79 Å². The van der Waals surface area contributed by atoms with E-state index in [2.05, 4.69) is 20.6 Å². The second kappa shape index (κ2) is 7.96. The van der Waals surface area contributed by atoms with Crippen LogP contribution in [0.3, 0.4) is 0 Å². The van der Waals surface area contributed by atoms with Crippen LogP contribution in [-0.4, -0.2) is 36.0 Å². The number of rotatable bonds is 5. The summed E-state index contributed by atoms with van der Waals surface area (Å²) in [6.07, 6.45) is 7.36. The van der Waals surface area contributed by atoms with Gasteiger partial charge in [0.1, 0.15) is 5.69 Å². The molecule has 2 N–H and O–H groups in total. The molecule has 1 heterocycles. The summed E-state index contributed by atoms with van der Waals surface area (Å²) in [5.41, 5.74) is 2.40. The third-order valence-corrected chi connectivity index (χ3v) is 4.47. The molecule has 1 aromatic carbocycles. The number of aromatic nitrogens is 2. The van der Waals surface area contributed by atoms with Crippen LogP contribution in [0.1, 0.15) is 42.6 Å². The third-order valence-electron chi connectivity index (χ3n) is 4.47. The first-order valence-corrected chi connectivity index (χ1v) is 8.80. The number of hydrogen-bond donors (Lipinski definition) is 2. The van der Waals surface area contributed by atoms with Gasteiger partial charge >= 0.3 is 0 Å². The average Bonchev–Trinajstić information content (AvgIpc) is 2.63. The van der Waals surface area contributed by atoms with Crippen molar-refractivity contribution in [3.05, 3.63) is 42.2 Å². The van der Waals surface area contributed by atoms with Gasteiger partial charge in [0.15, 0.2) is 0 Å². The Balaban J connectivity index is 1.65. The zero-order chi connectivity index (χ0) is 17.6. The van der Waals surface area contributed by atoms with Gasteiger partial charge in [-0.05, 0) is 43.2 Å². The fourth-order valence-corrected chi connectivity index (χ4v) is 3.02. The lowest BCUT2D eigenvalue weighted by molar-refractivity contribution is 0.0922. The number of carbonyl (C=O) groups excluding carboxylic acids is 1. The molecular weight excluding hydrogens is 314 g/mol. The highest BCUT2D eigenvalue weighted by molar-refractivity contribution is 5.92. The summed E-state index contributed by atoms with van der Waals surface area (Å²) in [6.45, 7) is 0. The Morgan fingerprint density at radius 3 is 2.48 bits per heavy atom. The van der Waals surface area contributed by atoms with Crippen LogP contribution in [0.25, 0.3) is 0 Å². The molecule has 1 aliphatic carbocycles. The number of amides is 1. The highest BCUT2D eigenvalue weighted by Gasteiger charge is 2.17. The van der Waals surface area contributed by atoms with E-state index in [1.165, 1.54) is 19.3 Å². The van der Waals surface area contributed by atoms with E-state index in [-0.39, 0.29) is 11.9 Å². The topological polar surface area (TPSA) is 70.2 Å². The molecule has 2 aromatic rings. The fraction of sp³-hybridized carbons (Fsp3) is 0.421. The first-order chi connectivity index (χ1) is 12.1. The van der Waals surface area contributed by atoms with Crippen molar-refractivity contribution in [3.8, 4) is 0 Å². The van der Waals surface area contributed by atoms with E-state index in [0.29, 0.717) is 11.6 Å². The van der Waals surface area contributed by atoms with Crippen LogP contribution in [0.5, 0.6) is 0 Å². The predicted octanol–water partition coefficient (Wildman–Crippen LogP) is 3.35. The Morgan fingerprint density at radius 1 is 1.08 bits per heavy atom. The molecule has 1 aromatic heterocycles. The van der Waals surface area contributed by atoms with E-state index in [0.717, 1.165) is 24.2 Å². The van der Waals surface area contributed by atoms with Gasteiger partial charge in [0.05, 0.1) is 0 Å². The number of nitrogens with one attached hydrogen (secondary N) is 2. The Kier molecular flexibility index (Phi) is 5.48. The van der Waals surface area contributed by atoms with Crippen LogP contribution in [0.2, 0.25) is 0 Å². The second-order valence-electron chi connectivity index (χ2n) is 6.64. The second-order valence-corrected chi connectivity index (χ2v) is 6.64. The largest absolute Gasteiger partial charge is 0.378 e. The minimum atomic E-state index is -0.125. The van der Waals surface area contributed by atoms with Crippen molar-refractivity contribution in [3.63, 3.8) is 0 Å². The molecule has 0 saturated heterocycles. The molecule has 1 aliphatic rings. The molecule has 0 radical (unpaired) electrons. The lowest BCUT2D eigenvalue weighted by Crippen LogP contribution is -2.36. The minimum Gasteiger partial charge on any atom is -0.378 e. The predicted molar refractivity (Wildman–Crippen MR) is 100 cm³/mol. The van der Waals surface area contributed by atoms with Crippen LogP contribution in [0.4, 0.5) is 17.3 Å². The molecule has 0 unspecified atom stereocenters. The summed E-state index contributed by atoms with van der Waals surface area (Å²) in [5.74, 6) is 0.300. The first-order valence-electron chi connectivity index (χ1n) is 8.80. The van der Waals surface area contributed by atoms with Crippen molar-refractivity contribution in [2.75, 3.05) is 24.3 Å². The van der Waals surface area contributed by atoms with Crippen LogP contribution in [-0.2, 0) is 0 Å². The van der Waals surface area contributed by atoms with Gasteiger partial charge in [-0.2, -0.15) is 0 Å². The van der Waals surface area contributed by atoms with Gasteiger partial charge in [-0.3, -0.25) is 4.79 Å². The minimum absolute atomic E-state index is 0.125. The molecule has 0 aliphatic heterocycles. The molecule has 25 heavy (non-hydrogen) atoms. The van der Waals surface area contributed by atoms with Gasteiger partial charge in [-0.25, -0.2) is 9.97 Å². The smallest absolute Gasteiger partial charge is 0.270 e. The number of nitrogens with zero attached hydrogens (tertiary/aromatic N) is 3. The van der Waals surface area contributed by atoms with E-state index in [1.54, 1.807) is 12.3 Å². The van der Waals surface area contributed by atoms with Gasteiger partial charge in [0.2, 0.25) is 5.95 Å². The summed E-state index contributed by atoms with van der Waals surface area (Å²) >= 11 is 0. The number of anilines is 3. The highest BCUT2D eigenvalue weighted by atomic mass is 16.1. The van der Waals surface area contributed by atoms with Crippen LogP contribution < -0.4 is 15.5 Å². The first kappa shape index (κ1) is 17.2. The monoisotopic (exact) mass is 339 g/mol. The molecule has 1 saturated carbocycles. The third kappa shape index (κ3) is 4.68. The van der Waals surface area contributed by atoms with E-state index in [1.807, 2.05) is 43.3 Å². The van der Waals surface area contributed by atoms with Gasteiger partial charge in [-0.15, -0.1) is 0 Å². The molecule has 0 atom stereocenters. The van der Waals surface area contributed by atoms with Gasteiger partial charge in [0.25, 0.3) is 5.91 Å². The van der Waals surface area contributed by atoms with Crippen molar-refractivity contribution >= 4 is 23.2 Å². The van der Waals surface area contributed by atoms with E-state index in [4.69, 9.17) is 0 Å². The maximum absolute atomic E-state index is 12.4. The molecule has 1 amide bonds. The summed E-state index contributed by atoms with van der Waals surface area (Å²) in [7, 11) is 4.00. The van der Waals surface area contributed by atoms with Crippen molar-refractivity contribution in [2.45, 2.75) is 38.1 Å². The lowest BCUT2D eigenvalue weighted by Gasteiger charge is -2.22. The quantitative estimate of drug-likeness (QED) is 0.874. The van der Waals surface area contributed by atoms with Gasteiger partial charge < -0.3 is 15.5 Å². The standard InChI is InChI=1S/C19H25N5O/c1-24(2)16-10-8-15(9-11-16)22-19-20-13-12-17(23-19)18(25)21-14-6-4-3-5-7-14/h8-14H,3-7H2,1-2H3,(H,21,25)(H,20,22,23). The maximum atomic E-state index is 12.4. The SMILES string of the molecule is CN(C)c1ccc(Nc2nccc(C(=O)NC3CCCCC3)n2)cc1. The summed E-state index contributed by atoms with van der Waals surface area (Å²) in [5, 5.41) is 6.23. The Hall–Kier alpha value is -2.63. The molecule has 3 rings (SSSR count). The number of hydrogen-bond acceptors (Lipinski definition) is 5. The lowest BCUT2D eigenvalue weighted by atomic mass is 9.95. The molecule has 6 nitrogen and oxygen atoms in total. The zero-order valence-electron chi connectivity index (χ0n) is 14.8. The van der Waals surface area contributed by atoms with Gasteiger partial charge in [0, 0.05) is 37.7 Å². The van der Waals surface area contributed by atoms with E-state index >= 15 is 0 Å². The fourth-order valence-electron chi connectivity index (χ4n) is 3.02. The summed E-state index contributed by atoms with van der Waals surface area (Å²) in [4.78, 5) is 23.0. The van der Waals surface area contributed by atoms with Crippen molar-refractivity contribution in [1.82, 2.24) is 15.3 Å². The molecule has 6 heteroatoms. The summed E-state index contributed by atoms with van der Waals surface area (Å²) in [6, 6.07) is 9.88. The van der Waals surface area contributed by atoms with Crippen LogP contribution in [0, 0.1) is 0 Å². The van der Waals surface area contributed by atoms with Crippen molar-refractivity contribution in [1.29, 1.82) is 0 Å². The molecule has 1 fully saturated rings. The van der Waals surface area contributed by atoms with Crippen molar-refractivity contribution in [2.24, 2.45) is 0 Å². The Bertz CT molecular complexity index is 708. The molecule has 0 bridgehead atoms. The Morgan fingerprint density at radius 2 is 1.80 bits per heavy atom. The molecule has 0 spiro atoms. The maximum Gasteiger partial charge on any atom is 0.270 e. The molecular formula is C19H25N5O. The number of carbonyl (C=O) groups is 1. The average molecular weight is 339 g/mol. The van der Waals surface area contributed by atoms with Gasteiger partial charge in [-0.1, -0.05) is 19.3 Å². The molecule has 132 valence electrons. The van der Waals surface area contributed by atoms with Crippen LogP contribution in [0.15, 0.2) is 36.5 Å². The zero-order valence-corrected chi connectivity index (χ0v) is 14.8.